The topological polar surface area (TPSA) is 55.1 Å². The lowest BCUT2D eigenvalue weighted by Gasteiger charge is -2.06. The summed E-state index contributed by atoms with van der Waals surface area (Å²) in [7, 11) is 1.73. The summed E-state index contributed by atoms with van der Waals surface area (Å²) < 4.78 is 0. The largest absolute Gasteiger partial charge is 0.388 e. The van der Waals surface area contributed by atoms with Crippen LogP contribution in [0.5, 0.6) is 0 Å². The average molecular weight is 166 g/mol. The molecule has 0 aromatic heterocycles. The molecule has 0 aliphatic rings. The number of nitrogens with one attached hydrogen (secondary N) is 1. The molecule has 3 nitrogen and oxygen atoms in total. The van der Waals surface area contributed by atoms with Gasteiger partial charge in [0, 0.05) is 12.7 Å². The first kappa shape index (κ1) is 10.5. The number of hydrogen-bond acceptors (Lipinski definition) is 2. The molecular weight excluding hydrogens is 152 g/mol. The van der Waals surface area contributed by atoms with Crippen LogP contribution in [-0.2, 0) is 4.79 Å². The van der Waals surface area contributed by atoms with E-state index in [-0.39, 0.29) is 0 Å². The molecule has 0 spiro atoms. The normalized spacial score (nSPS) is 12.5. The fraction of sp³-hybridized carbons (Fsp3) is 0.222. The minimum absolute atomic E-state index is 0.440. The lowest BCUT2D eigenvalue weighted by Crippen LogP contribution is -2.20. The smallest absolute Gasteiger partial charge is 0.250 e. The summed E-state index contributed by atoms with van der Waals surface area (Å²) in [6.45, 7) is 5.32. The first-order valence-electron chi connectivity index (χ1n) is 3.64. The summed E-state index contributed by atoms with van der Waals surface area (Å²) in [5.41, 5.74) is 6.29. The molecule has 0 atom stereocenters. The molecule has 0 aromatic carbocycles. The number of nitrogens with two attached hydrogens (primary N) is 1. The molecule has 0 aliphatic heterocycles. The molecule has 0 radical (unpaired) electrons. The quantitative estimate of drug-likeness (QED) is 0.477. The van der Waals surface area contributed by atoms with E-state index in [2.05, 4.69) is 11.9 Å². The summed E-state index contributed by atoms with van der Waals surface area (Å²) in [5.74, 6) is -0.461. The van der Waals surface area contributed by atoms with E-state index in [9.17, 15) is 4.79 Å². The van der Waals surface area contributed by atoms with Gasteiger partial charge in [-0.25, -0.2) is 0 Å². The molecule has 0 heterocycles. The number of carbonyl (C=O) groups excluding carboxylic acids is 1. The van der Waals surface area contributed by atoms with E-state index in [1.807, 2.05) is 6.92 Å². The van der Waals surface area contributed by atoms with Crippen molar-refractivity contribution < 1.29 is 4.79 Å². The van der Waals surface area contributed by atoms with Gasteiger partial charge in [0.15, 0.2) is 0 Å². The number of primary amides is 1. The monoisotopic (exact) mass is 166 g/mol. The van der Waals surface area contributed by atoms with Gasteiger partial charge in [0.25, 0.3) is 5.91 Å². The van der Waals surface area contributed by atoms with E-state index in [0.29, 0.717) is 11.3 Å². The molecule has 12 heavy (non-hydrogen) atoms. The van der Waals surface area contributed by atoms with E-state index < -0.39 is 5.91 Å². The molecule has 0 aliphatic carbocycles. The molecule has 3 N–H and O–H groups in total. The van der Waals surface area contributed by atoms with Gasteiger partial charge in [-0.1, -0.05) is 18.7 Å². The van der Waals surface area contributed by atoms with Gasteiger partial charge in [0.05, 0.1) is 5.57 Å². The number of allylic oxidation sites excluding steroid dienone is 3. The minimum atomic E-state index is -0.461. The fourth-order valence-corrected chi connectivity index (χ4v) is 0.857. The molecule has 0 aromatic rings. The second kappa shape index (κ2) is 5.18. The zero-order valence-electron chi connectivity index (χ0n) is 7.42. The minimum Gasteiger partial charge on any atom is -0.388 e. The van der Waals surface area contributed by atoms with Crippen molar-refractivity contribution in [3.8, 4) is 0 Å². The van der Waals surface area contributed by atoms with E-state index in [1.165, 1.54) is 6.08 Å². The van der Waals surface area contributed by atoms with Crippen LogP contribution in [0, 0.1) is 0 Å². The highest BCUT2D eigenvalue weighted by Crippen LogP contribution is 2.05. The third-order valence-electron chi connectivity index (χ3n) is 1.40. The predicted octanol–water partition coefficient (Wildman–Crippen LogP) is 0.707. The number of amides is 1. The second-order valence-electron chi connectivity index (χ2n) is 2.13. The van der Waals surface area contributed by atoms with Crippen molar-refractivity contribution in [1.82, 2.24) is 5.32 Å². The highest BCUT2D eigenvalue weighted by atomic mass is 16.1. The Morgan fingerprint density at radius 3 is 2.42 bits per heavy atom. The van der Waals surface area contributed by atoms with Crippen LogP contribution in [0.4, 0.5) is 0 Å². The van der Waals surface area contributed by atoms with Crippen LogP contribution >= 0.6 is 0 Å². The van der Waals surface area contributed by atoms with E-state index >= 15 is 0 Å². The number of rotatable bonds is 4. The Kier molecular flexibility index (Phi) is 4.53. The van der Waals surface area contributed by atoms with Crippen molar-refractivity contribution in [2.75, 3.05) is 7.05 Å². The number of likely N-dealkylation sites (N-methyl/N-ethyl adjacent to an activating group) is 1. The van der Waals surface area contributed by atoms with Gasteiger partial charge in [-0.2, -0.15) is 0 Å². The van der Waals surface area contributed by atoms with Gasteiger partial charge < -0.3 is 11.1 Å². The Labute approximate surface area is 72.6 Å². The summed E-state index contributed by atoms with van der Waals surface area (Å²) in [6, 6.07) is 0. The molecule has 3 heteroatoms. The zero-order chi connectivity index (χ0) is 9.56. The van der Waals surface area contributed by atoms with Crippen molar-refractivity contribution in [2.45, 2.75) is 6.92 Å². The van der Waals surface area contributed by atoms with Gasteiger partial charge in [-0.15, -0.1) is 0 Å². The lowest BCUT2D eigenvalue weighted by atomic mass is 10.1. The summed E-state index contributed by atoms with van der Waals surface area (Å²) in [6.07, 6.45) is 4.88. The Bertz CT molecular complexity index is 239. The predicted molar refractivity (Wildman–Crippen MR) is 50.3 cm³/mol. The molecule has 1 amide bonds. The fourth-order valence-electron chi connectivity index (χ4n) is 0.857. The lowest BCUT2D eigenvalue weighted by molar-refractivity contribution is -0.114. The maximum Gasteiger partial charge on any atom is 0.250 e. The van der Waals surface area contributed by atoms with Crippen LogP contribution in [0.2, 0.25) is 0 Å². The molecule has 0 rings (SSSR count). The molecular formula is C9H14N2O. The zero-order valence-corrected chi connectivity index (χ0v) is 7.42. The van der Waals surface area contributed by atoms with Gasteiger partial charge in [-0.05, 0) is 13.0 Å². The van der Waals surface area contributed by atoms with Crippen molar-refractivity contribution in [2.24, 2.45) is 5.73 Å². The van der Waals surface area contributed by atoms with Crippen LogP contribution in [0.3, 0.4) is 0 Å². The van der Waals surface area contributed by atoms with Gasteiger partial charge >= 0.3 is 0 Å². The Balaban J connectivity index is 4.86. The SMILES string of the molecule is C=C/C=C(C(N)=O)\C(=C/C)NC. The van der Waals surface area contributed by atoms with Gasteiger partial charge in [0.1, 0.15) is 0 Å². The van der Waals surface area contributed by atoms with E-state index in [0.717, 1.165) is 0 Å². The van der Waals surface area contributed by atoms with Gasteiger partial charge in [0.2, 0.25) is 0 Å². The Morgan fingerprint density at radius 2 is 2.17 bits per heavy atom. The molecule has 66 valence electrons. The summed E-state index contributed by atoms with van der Waals surface area (Å²) >= 11 is 0. The van der Waals surface area contributed by atoms with Gasteiger partial charge in [-0.3, -0.25) is 4.79 Å². The van der Waals surface area contributed by atoms with Crippen molar-refractivity contribution in [3.05, 3.63) is 36.1 Å². The van der Waals surface area contributed by atoms with Crippen molar-refractivity contribution in [3.63, 3.8) is 0 Å². The number of hydrogen-bond donors (Lipinski definition) is 2. The highest BCUT2D eigenvalue weighted by Gasteiger charge is 2.06. The first-order chi connectivity index (χ1) is 5.67. The average Bonchev–Trinajstić information content (AvgIpc) is 2.05. The number of carbonyl (C=O) groups is 1. The molecule has 0 saturated carbocycles. The molecule has 0 bridgehead atoms. The summed E-state index contributed by atoms with van der Waals surface area (Å²) in [4.78, 5) is 10.9. The van der Waals surface area contributed by atoms with E-state index in [4.69, 9.17) is 5.73 Å². The van der Waals surface area contributed by atoms with Crippen LogP contribution < -0.4 is 11.1 Å². The molecule has 0 saturated heterocycles. The maximum absolute atomic E-state index is 10.9. The first-order valence-corrected chi connectivity index (χ1v) is 3.64. The summed E-state index contributed by atoms with van der Waals surface area (Å²) in [5, 5.41) is 2.86. The van der Waals surface area contributed by atoms with Crippen LogP contribution in [0.15, 0.2) is 36.1 Å². The third-order valence-corrected chi connectivity index (χ3v) is 1.40. The Morgan fingerprint density at radius 1 is 1.58 bits per heavy atom. The van der Waals surface area contributed by atoms with Crippen molar-refractivity contribution in [1.29, 1.82) is 0 Å². The standard InChI is InChI=1S/C9H14N2O/c1-4-6-7(9(10)12)8(5-2)11-3/h4-6,11H,1H2,2-3H3,(H2,10,12)/b7-6+,8-5+. The Hall–Kier alpha value is -1.51. The van der Waals surface area contributed by atoms with Crippen LogP contribution in [0.25, 0.3) is 0 Å². The van der Waals surface area contributed by atoms with Crippen LogP contribution in [0.1, 0.15) is 6.92 Å². The highest BCUT2D eigenvalue weighted by molar-refractivity contribution is 5.96. The maximum atomic E-state index is 10.9. The van der Waals surface area contributed by atoms with Crippen molar-refractivity contribution >= 4 is 5.91 Å². The second-order valence-corrected chi connectivity index (χ2v) is 2.13. The van der Waals surface area contributed by atoms with E-state index in [1.54, 1.807) is 19.2 Å². The van der Waals surface area contributed by atoms with Crippen LogP contribution in [-0.4, -0.2) is 13.0 Å². The molecule has 0 unspecified atom stereocenters. The molecule has 0 fully saturated rings. The third kappa shape index (κ3) is 2.62.